The zero-order valence-corrected chi connectivity index (χ0v) is 14.4. The van der Waals surface area contributed by atoms with Crippen LogP contribution in [0, 0.1) is 5.92 Å². The molecular weight excluding hydrogens is 302 g/mol. The van der Waals surface area contributed by atoms with Crippen LogP contribution in [0.15, 0.2) is 30.3 Å². The molecule has 2 unspecified atom stereocenters. The molecule has 0 aliphatic carbocycles. The smallest absolute Gasteiger partial charge is 0.225 e. The summed E-state index contributed by atoms with van der Waals surface area (Å²) in [5.41, 5.74) is 1.22. The van der Waals surface area contributed by atoms with E-state index in [1.165, 1.54) is 5.69 Å². The fourth-order valence-corrected chi connectivity index (χ4v) is 3.76. The lowest BCUT2D eigenvalue weighted by Crippen LogP contribution is -2.51. The van der Waals surface area contributed by atoms with E-state index in [-0.39, 0.29) is 23.8 Å². The van der Waals surface area contributed by atoms with Crippen LogP contribution in [0.4, 0.5) is 5.69 Å². The van der Waals surface area contributed by atoms with Crippen LogP contribution in [-0.2, 0) is 9.59 Å². The molecule has 1 aromatic rings. The first-order valence-electron chi connectivity index (χ1n) is 8.99. The minimum atomic E-state index is -0.0604. The standard InChI is InChI=1S/C19H27N3O2/c1-15(23)21-11-5-7-16(13-21)19(24)20-17-8-6-12-22(14-17)18-9-3-2-4-10-18/h2-4,9-10,16-17H,5-8,11-14H2,1H3,(H,20,24). The summed E-state index contributed by atoms with van der Waals surface area (Å²) in [6, 6.07) is 10.6. The Balaban J connectivity index is 1.55. The third-order valence-electron chi connectivity index (χ3n) is 5.13. The molecule has 1 N–H and O–H groups in total. The van der Waals surface area contributed by atoms with Gasteiger partial charge < -0.3 is 15.1 Å². The van der Waals surface area contributed by atoms with Crippen LogP contribution in [-0.4, -0.2) is 48.9 Å². The maximum Gasteiger partial charge on any atom is 0.225 e. The Morgan fingerprint density at radius 2 is 1.79 bits per heavy atom. The Morgan fingerprint density at radius 1 is 1.04 bits per heavy atom. The van der Waals surface area contributed by atoms with Crippen LogP contribution in [0.2, 0.25) is 0 Å². The average molecular weight is 329 g/mol. The highest BCUT2D eigenvalue weighted by atomic mass is 16.2. The number of amides is 2. The second-order valence-corrected chi connectivity index (χ2v) is 6.93. The number of anilines is 1. The molecule has 130 valence electrons. The molecule has 0 saturated carbocycles. The first-order chi connectivity index (χ1) is 11.6. The van der Waals surface area contributed by atoms with Gasteiger partial charge in [0.15, 0.2) is 0 Å². The minimum Gasteiger partial charge on any atom is -0.369 e. The summed E-state index contributed by atoms with van der Waals surface area (Å²) in [4.78, 5) is 28.3. The van der Waals surface area contributed by atoms with Crippen molar-refractivity contribution in [2.24, 2.45) is 5.92 Å². The molecule has 3 rings (SSSR count). The summed E-state index contributed by atoms with van der Waals surface area (Å²) in [5, 5.41) is 3.23. The lowest BCUT2D eigenvalue weighted by Gasteiger charge is -2.36. The first-order valence-corrected chi connectivity index (χ1v) is 8.99. The van der Waals surface area contributed by atoms with Gasteiger partial charge >= 0.3 is 0 Å². The Kier molecular flexibility index (Phi) is 5.38. The Hall–Kier alpha value is -2.04. The Labute approximate surface area is 144 Å². The van der Waals surface area contributed by atoms with Gasteiger partial charge in [-0.05, 0) is 37.8 Å². The second kappa shape index (κ2) is 7.69. The minimum absolute atomic E-state index is 0.0604. The van der Waals surface area contributed by atoms with E-state index >= 15 is 0 Å². The molecule has 1 aromatic carbocycles. The monoisotopic (exact) mass is 329 g/mol. The van der Waals surface area contributed by atoms with Crippen molar-refractivity contribution in [3.8, 4) is 0 Å². The van der Waals surface area contributed by atoms with Crippen molar-refractivity contribution in [2.75, 3.05) is 31.1 Å². The van der Waals surface area contributed by atoms with E-state index in [1.54, 1.807) is 11.8 Å². The molecule has 0 spiro atoms. The van der Waals surface area contributed by atoms with Gasteiger partial charge in [-0.15, -0.1) is 0 Å². The van der Waals surface area contributed by atoms with E-state index in [4.69, 9.17) is 0 Å². The predicted octanol–water partition coefficient (Wildman–Crippen LogP) is 2.03. The quantitative estimate of drug-likeness (QED) is 0.923. The predicted molar refractivity (Wildman–Crippen MR) is 94.8 cm³/mol. The number of carbonyl (C=O) groups excluding carboxylic acids is 2. The normalized spacial score (nSPS) is 24.5. The molecule has 2 amide bonds. The SMILES string of the molecule is CC(=O)N1CCCC(C(=O)NC2CCCN(c3ccccc3)C2)C1. The van der Waals surface area contributed by atoms with Gasteiger partial charge in [0.1, 0.15) is 0 Å². The third kappa shape index (κ3) is 4.08. The molecule has 0 radical (unpaired) electrons. The van der Waals surface area contributed by atoms with Gasteiger partial charge in [0, 0.05) is 44.8 Å². The maximum absolute atomic E-state index is 12.6. The molecule has 24 heavy (non-hydrogen) atoms. The average Bonchev–Trinajstić information content (AvgIpc) is 2.63. The molecule has 2 fully saturated rings. The molecule has 5 heteroatoms. The molecule has 0 bridgehead atoms. The molecular formula is C19H27N3O2. The lowest BCUT2D eigenvalue weighted by molar-refractivity contribution is -0.134. The maximum atomic E-state index is 12.6. The highest BCUT2D eigenvalue weighted by Gasteiger charge is 2.29. The van der Waals surface area contributed by atoms with Gasteiger partial charge in [-0.2, -0.15) is 0 Å². The summed E-state index contributed by atoms with van der Waals surface area (Å²) < 4.78 is 0. The number of nitrogens with one attached hydrogen (secondary N) is 1. The van der Waals surface area contributed by atoms with Gasteiger partial charge in [-0.3, -0.25) is 9.59 Å². The van der Waals surface area contributed by atoms with Crippen molar-refractivity contribution in [2.45, 2.75) is 38.6 Å². The van der Waals surface area contributed by atoms with E-state index < -0.39 is 0 Å². The van der Waals surface area contributed by atoms with Crippen LogP contribution >= 0.6 is 0 Å². The number of benzene rings is 1. The van der Waals surface area contributed by atoms with Gasteiger partial charge in [-0.25, -0.2) is 0 Å². The van der Waals surface area contributed by atoms with Crippen molar-refractivity contribution in [1.82, 2.24) is 10.2 Å². The number of rotatable bonds is 3. The molecule has 0 aromatic heterocycles. The number of hydrogen-bond donors (Lipinski definition) is 1. The van der Waals surface area contributed by atoms with Crippen LogP contribution in [0.25, 0.3) is 0 Å². The third-order valence-corrected chi connectivity index (χ3v) is 5.13. The first kappa shape index (κ1) is 16.8. The molecule has 2 atom stereocenters. The summed E-state index contributed by atoms with van der Waals surface area (Å²) in [7, 11) is 0. The topological polar surface area (TPSA) is 52.7 Å². The van der Waals surface area contributed by atoms with Crippen LogP contribution < -0.4 is 10.2 Å². The summed E-state index contributed by atoms with van der Waals surface area (Å²) >= 11 is 0. The Bertz CT molecular complexity index is 575. The summed E-state index contributed by atoms with van der Waals surface area (Å²) in [6.45, 7) is 4.83. The number of nitrogens with zero attached hydrogens (tertiary/aromatic N) is 2. The van der Waals surface area contributed by atoms with Crippen molar-refractivity contribution >= 4 is 17.5 Å². The van der Waals surface area contributed by atoms with E-state index in [0.29, 0.717) is 6.54 Å². The van der Waals surface area contributed by atoms with Crippen LogP contribution in [0.1, 0.15) is 32.6 Å². The fraction of sp³-hybridized carbons (Fsp3) is 0.579. The molecule has 2 aliphatic heterocycles. The zero-order chi connectivity index (χ0) is 16.9. The molecule has 2 aliphatic rings. The van der Waals surface area contributed by atoms with Gasteiger partial charge in [0.25, 0.3) is 0 Å². The van der Waals surface area contributed by atoms with Crippen molar-refractivity contribution < 1.29 is 9.59 Å². The van der Waals surface area contributed by atoms with Crippen molar-refractivity contribution in [3.63, 3.8) is 0 Å². The molecule has 2 heterocycles. The highest BCUT2D eigenvalue weighted by Crippen LogP contribution is 2.21. The largest absolute Gasteiger partial charge is 0.369 e. The number of likely N-dealkylation sites (tertiary alicyclic amines) is 1. The van der Waals surface area contributed by atoms with Crippen molar-refractivity contribution in [1.29, 1.82) is 0 Å². The summed E-state index contributed by atoms with van der Waals surface area (Å²) in [5.74, 6) is 0.121. The van der Waals surface area contributed by atoms with E-state index in [9.17, 15) is 9.59 Å². The molecule has 2 saturated heterocycles. The van der Waals surface area contributed by atoms with Gasteiger partial charge in [0.05, 0.1) is 5.92 Å². The second-order valence-electron chi connectivity index (χ2n) is 6.93. The van der Waals surface area contributed by atoms with Crippen LogP contribution in [0.3, 0.4) is 0 Å². The lowest BCUT2D eigenvalue weighted by atomic mass is 9.96. The van der Waals surface area contributed by atoms with E-state index in [1.807, 2.05) is 6.07 Å². The number of carbonyl (C=O) groups is 2. The number of hydrogen-bond acceptors (Lipinski definition) is 3. The van der Waals surface area contributed by atoms with Gasteiger partial charge in [-0.1, -0.05) is 18.2 Å². The highest BCUT2D eigenvalue weighted by molar-refractivity contribution is 5.81. The van der Waals surface area contributed by atoms with Crippen LogP contribution in [0.5, 0.6) is 0 Å². The van der Waals surface area contributed by atoms with E-state index in [2.05, 4.69) is 34.5 Å². The Morgan fingerprint density at radius 3 is 2.54 bits per heavy atom. The summed E-state index contributed by atoms with van der Waals surface area (Å²) in [6.07, 6.45) is 3.91. The fourth-order valence-electron chi connectivity index (χ4n) is 3.76. The molecule has 5 nitrogen and oxygen atoms in total. The van der Waals surface area contributed by atoms with Gasteiger partial charge in [0.2, 0.25) is 11.8 Å². The van der Waals surface area contributed by atoms with E-state index in [0.717, 1.165) is 45.3 Å². The number of piperidine rings is 2. The van der Waals surface area contributed by atoms with Crippen molar-refractivity contribution in [3.05, 3.63) is 30.3 Å². The zero-order valence-electron chi connectivity index (χ0n) is 14.4. The number of para-hydroxylation sites is 1.